The first-order valence-corrected chi connectivity index (χ1v) is 9.71. The van der Waals surface area contributed by atoms with Crippen LogP contribution in [0.15, 0.2) is 48.5 Å². The number of rotatable bonds is 5. The molecule has 1 aromatic heterocycles. The van der Waals surface area contributed by atoms with Crippen LogP contribution in [-0.4, -0.2) is 34.8 Å². The molecule has 1 N–H and O–H groups in total. The minimum absolute atomic E-state index is 0.192. The van der Waals surface area contributed by atoms with Crippen LogP contribution in [0, 0.1) is 0 Å². The molecule has 0 bridgehead atoms. The zero-order valence-corrected chi connectivity index (χ0v) is 15.9. The van der Waals surface area contributed by atoms with E-state index >= 15 is 0 Å². The second kappa shape index (κ2) is 9.31. The van der Waals surface area contributed by atoms with Crippen LogP contribution < -0.4 is 5.32 Å². The highest BCUT2D eigenvalue weighted by atomic mass is 16.2. The largest absolute Gasteiger partial charge is 0.348 e. The van der Waals surface area contributed by atoms with E-state index in [0.717, 1.165) is 31.2 Å². The van der Waals surface area contributed by atoms with Crippen molar-refractivity contribution < 1.29 is 9.59 Å². The van der Waals surface area contributed by atoms with Gasteiger partial charge >= 0.3 is 0 Å². The van der Waals surface area contributed by atoms with Gasteiger partial charge < -0.3 is 10.2 Å². The van der Waals surface area contributed by atoms with Gasteiger partial charge in [0, 0.05) is 19.6 Å². The minimum Gasteiger partial charge on any atom is -0.348 e. The molecule has 3 rings (SSSR count). The highest BCUT2D eigenvalue weighted by Crippen LogP contribution is 2.17. The van der Waals surface area contributed by atoms with Crippen molar-refractivity contribution in [3.63, 3.8) is 0 Å². The maximum atomic E-state index is 12.7. The number of aromatic nitrogens is 1. The van der Waals surface area contributed by atoms with Gasteiger partial charge in [0.05, 0.1) is 0 Å². The summed E-state index contributed by atoms with van der Waals surface area (Å²) in [6.45, 7) is 0.500. The van der Waals surface area contributed by atoms with E-state index in [1.165, 1.54) is 12.8 Å². The quantitative estimate of drug-likeness (QED) is 0.820. The number of benzene rings is 1. The number of nitrogens with one attached hydrogen (secondary N) is 1. The lowest BCUT2D eigenvalue weighted by atomic mass is 10.1. The lowest BCUT2D eigenvalue weighted by molar-refractivity contribution is 0.0779. The van der Waals surface area contributed by atoms with Crippen molar-refractivity contribution in [1.29, 1.82) is 0 Å². The van der Waals surface area contributed by atoms with Crippen molar-refractivity contribution >= 4 is 11.8 Å². The second-order valence-corrected chi connectivity index (χ2v) is 7.22. The van der Waals surface area contributed by atoms with Gasteiger partial charge in [0.15, 0.2) is 0 Å². The highest BCUT2D eigenvalue weighted by Gasteiger charge is 2.19. The fourth-order valence-electron chi connectivity index (χ4n) is 3.49. The molecule has 0 spiro atoms. The molecule has 1 aromatic carbocycles. The molecule has 0 unspecified atom stereocenters. The Bertz CT molecular complexity index is 768. The van der Waals surface area contributed by atoms with Crippen LogP contribution in [0.1, 0.15) is 65.1 Å². The van der Waals surface area contributed by atoms with Crippen molar-refractivity contribution in [2.24, 2.45) is 0 Å². The van der Waals surface area contributed by atoms with Crippen molar-refractivity contribution in [2.75, 3.05) is 7.05 Å². The number of amides is 2. The summed E-state index contributed by atoms with van der Waals surface area (Å²) in [6, 6.07) is 15.1. The van der Waals surface area contributed by atoms with Gasteiger partial charge in [0.2, 0.25) is 0 Å². The zero-order valence-electron chi connectivity index (χ0n) is 15.9. The normalized spacial score (nSPS) is 15.0. The molecule has 1 fully saturated rings. The molecule has 0 aliphatic heterocycles. The van der Waals surface area contributed by atoms with E-state index < -0.39 is 0 Å². The third-order valence-electron chi connectivity index (χ3n) is 5.00. The predicted molar refractivity (Wildman–Crippen MR) is 105 cm³/mol. The van der Waals surface area contributed by atoms with E-state index in [1.807, 2.05) is 30.3 Å². The lowest BCUT2D eigenvalue weighted by Crippen LogP contribution is -2.35. The van der Waals surface area contributed by atoms with Crippen LogP contribution in [0.3, 0.4) is 0 Å². The number of carbonyl (C=O) groups excluding carboxylic acids is 2. The third-order valence-corrected chi connectivity index (χ3v) is 5.00. The first kappa shape index (κ1) is 19.1. The Morgan fingerprint density at radius 2 is 1.63 bits per heavy atom. The summed E-state index contributed by atoms with van der Waals surface area (Å²) in [7, 11) is 1.75. The number of hydrogen-bond acceptors (Lipinski definition) is 3. The number of pyridine rings is 1. The van der Waals surface area contributed by atoms with E-state index in [0.29, 0.717) is 17.9 Å². The fraction of sp³-hybridized carbons (Fsp3) is 0.409. The summed E-state index contributed by atoms with van der Waals surface area (Å²) in [4.78, 5) is 31.2. The molecule has 2 aromatic rings. The Kier molecular flexibility index (Phi) is 6.58. The summed E-state index contributed by atoms with van der Waals surface area (Å²) in [5, 5.41) is 3.08. The zero-order chi connectivity index (χ0) is 19.1. The number of hydrogen-bond donors (Lipinski definition) is 1. The standard InChI is InChI=1S/C22H27N3O2/c1-25(16-17-10-5-4-6-11-17)22(27)20-15-9-14-19(24-20)21(26)23-18-12-7-2-3-8-13-18/h4-6,9-11,14-15,18H,2-3,7-8,12-13,16H2,1H3,(H,23,26). The summed E-state index contributed by atoms with van der Waals surface area (Å²) in [6.07, 6.45) is 6.82. The van der Waals surface area contributed by atoms with Gasteiger partial charge in [0.1, 0.15) is 11.4 Å². The molecule has 1 heterocycles. The molecule has 1 aliphatic carbocycles. The summed E-state index contributed by atoms with van der Waals surface area (Å²) < 4.78 is 0. The molecule has 0 saturated heterocycles. The minimum atomic E-state index is -0.192. The predicted octanol–water partition coefficient (Wildman–Crippen LogP) is 3.81. The molecule has 1 saturated carbocycles. The Morgan fingerprint density at radius 3 is 2.33 bits per heavy atom. The first-order chi connectivity index (χ1) is 13.1. The molecule has 27 heavy (non-hydrogen) atoms. The Balaban J connectivity index is 1.65. The van der Waals surface area contributed by atoms with Crippen molar-refractivity contribution in [3.05, 3.63) is 65.5 Å². The summed E-state index contributed by atoms with van der Waals surface area (Å²) in [5.41, 5.74) is 1.65. The molecule has 2 amide bonds. The van der Waals surface area contributed by atoms with Crippen LogP contribution >= 0.6 is 0 Å². The van der Waals surface area contributed by atoms with Crippen LogP contribution in [0.2, 0.25) is 0 Å². The molecule has 1 aliphatic rings. The molecule has 0 atom stereocenters. The fourth-order valence-corrected chi connectivity index (χ4v) is 3.49. The lowest BCUT2D eigenvalue weighted by Gasteiger charge is -2.18. The molecule has 5 nitrogen and oxygen atoms in total. The van der Waals surface area contributed by atoms with Crippen LogP contribution in [0.25, 0.3) is 0 Å². The average Bonchev–Trinajstić information content (AvgIpc) is 2.97. The Labute approximate surface area is 160 Å². The first-order valence-electron chi connectivity index (χ1n) is 9.71. The monoisotopic (exact) mass is 365 g/mol. The summed E-state index contributed by atoms with van der Waals surface area (Å²) >= 11 is 0. The van der Waals surface area contributed by atoms with Gasteiger partial charge in [-0.2, -0.15) is 0 Å². The number of carbonyl (C=O) groups is 2. The summed E-state index contributed by atoms with van der Waals surface area (Å²) in [5.74, 6) is -0.384. The SMILES string of the molecule is CN(Cc1ccccc1)C(=O)c1cccc(C(=O)NC2CCCCCC2)n1. The van der Waals surface area contributed by atoms with Gasteiger partial charge in [0.25, 0.3) is 11.8 Å². The van der Waals surface area contributed by atoms with Gasteiger partial charge in [-0.1, -0.05) is 62.1 Å². The van der Waals surface area contributed by atoms with Gasteiger partial charge in [-0.05, 0) is 30.5 Å². The molecular formula is C22H27N3O2. The molecule has 5 heteroatoms. The second-order valence-electron chi connectivity index (χ2n) is 7.22. The van der Waals surface area contributed by atoms with Crippen molar-refractivity contribution in [1.82, 2.24) is 15.2 Å². The van der Waals surface area contributed by atoms with Gasteiger partial charge in [-0.25, -0.2) is 4.98 Å². The topological polar surface area (TPSA) is 62.3 Å². The van der Waals surface area contributed by atoms with Gasteiger partial charge in [-0.15, -0.1) is 0 Å². The van der Waals surface area contributed by atoms with E-state index in [4.69, 9.17) is 0 Å². The van der Waals surface area contributed by atoms with Gasteiger partial charge in [-0.3, -0.25) is 9.59 Å². The average molecular weight is 365 g/mol. The Morgan fingerprint density at radius 1 is 0.963 bits per heavy atom. The maximum absolute atomic E-state index is 12.7. The number of nitrogens with zero attached hydrogens (tertiary/aromatic N) is 2. The van der Waals surface area contributed by atoms with Crippen LogP contribution in [0.5, 0.6) is 0 Å². The molecule has 0 radical (unpaired) electrons. The van der Waals surface area contributed by atoms with E-state index in [-0.39, 0.29) is 17.9 Å². The van der Waals surface area contributed by atoms with E-state index in [2.05, 4.69) is 10.3 Å². The smallest absolute Gasteiger partial charge is 0.272 e. The molecular weight excluding hydrogens is 338 g/mol. The molecule has 142 valence electrons. The highest BCUT2D eigenvalue weighted by molar-refractivity contribution is 5.96. The van der Waals surface area contributed by atoms with E-state index in [1.54, 1.807) is 30.1 Å². The van der Waals surface area contributed by atoms with E-state index in [9.17, 15) is 9.59 Å². The maximum Gasteiger partial charge on any atom is 0.272 e. The van der Waals surface area contributed by atoms with Crippen LogP contribution in [-0.2, 0) is 6.54 Å². The third kappa shape index (κ3) is 5.39. The Hall–Kier alpha value is -2.69. The van der Waals surface area contributed by atoms with Crippen molar-refractivity contribution in [3.8, 4) is 0 Å². The van der Waals surface area contributed by atoms with Crippen LogP contribution in [0.4, 0.5) is 0 Å². The van der Waals surface area contributed by atoms with Crippen molar-refractivity contribution in [2.45, 2.75) is 51.1 Å².